The van der Waals surface area contributed by atoms with Gasteiger partial charge in [-0.15, -0.1) is 0 Å². The molecule has 104 valence electrons. The molecule has 0 bridgehead atoms. The molecule has 0 unspecified atom stereocenters. The van der Waals surface area contributed by atoms with Gasteiger partial charge in [0.15, 0.2) is 5.69 Å². The zero-order chi connectivity index (χ0) is 14.6. The summed E-state index contributed by atoms with van der Waals surface area (Å²) in [7, 11) is 0. The number of aryl methyl sites for hydroxylation is 1. The molecule has 0 aliphatic heterocycles. The van der Waals surface area contributed by atoms with Crippen molar-refractivity contribution < 1.29 is 13.2 Å². The van der Waals surface area contributed by atoms with Crippen LogP contribution in [0.2, 0.25) is 5.02 Å². The fourth-order valence-corrected chi connectivity index (χ4v) is 1.67. The van der Waals surface area contributed by atoms with Gasteiger partial charge in [-0.2, -0.15) is 18.3 Å². The molecule has 0 aliphatic rings. The fourth-order valence-electron chi connectivity index (χ4n) is 1.48. The molecule has 2 rings (SSSR count). The molecule has 2 nitrogen and oxygen atoms in total. The van der Waals surface area contributed by atoms with Crippen molar-refractivity contribution in [3.63, 3.8) is 0 Å². The van der Waals surface area contributed by atoms with Gasteiger partial charge in [-0.05, 0) is 31.2 Å². The smallest absolute Gasteiger partial charge is 0.237 e. The molecule has 1 heterocycles. The van der Waals surface area contributed by atoms with E-state index in [0.29, 0.717) is 16.4 Å². The van der Waals surface area contributed by atoms with Crippen molar-refractivity contribution >= 4 is 11.6 Å². The average molecular weight is 291 g/mol. The number of rotatable bonds is 1. The summed E-state index contributed by atoms with van der Waals surface area (Å²) in [5.41, 5.74) is 0.0000622. The Morgan fingerprint density at radius 3 is 2.26 bits per heavy atom. The Kier molecular flexibility index (Phi) is 5.00. The third-order valence-electron chi connectivity index (χ3n) is 2.23. The first kappa shape index (κ1) is 15.6. The molecule has 0 saturated carbocycles. The minimum atomic E-state index is -4.44. The van der Waals surface area contributed by atoms with Gasteiger partial charge in [-0.1, -0.05) is 31.5 Å². The van der Waals surface area contributed by atoms with E-state index in [2.05, 4.69) is 5.10 Å². The van der Waals surface area contributed by atoms with Gasteiger partial charge in [-0.3, -0.25) is 0 Å². The molecule has 0 radical (unpaired) electrons. The highest BCUT2D eigenvalue weighted by molar-refractivity contribution is 6.30. The Labute approximate surface area is 114 Å². The summed E-state index contributed by atoms with van der Waals surface area (Å²) >= 11 is 5.78. The minimum absolute atomic E-state index is 0.402. The predicted octanol–water partition coefficient (Wildman–Crippen LogP) is 4.88. The van der Waals surface area contributed by atoms with Gasteiger partial charge >= 0.3 is 6.18 Å². The van der Waals surface area contributed by atoms with Crippen LogP contribution >= 0.6 is 11.6 Å². The Balaban J connectivity index is 0.000000861. The van der Waals surface area contributed by atoms with Crippen LogP contribution in [0.15, 0.2) is 30.3 Å². The molecule has 0 N–H and O–H groups in total. The van der Waals surface area contributed by atoms with Crippen LogP contribution < -0.4 is 0 Å². The van der Waals surface area contributed by atoms with Crippen molar-refractivity contribution in [2.45, 2.75) is 26.9 Å². The molecule has 1 aromatic heterocycles. The van der Waals surface area contributed by atoms with Crippen LogP contribution in [0.1, 0.15) is 25.2 Å². The van der Waals surface area contributed by atoms with Crippen LogP contribution in [0.5, 0.6) is 0 Å². The van der Waals surface area contributed by atoms with Crippen LogP contribution in [-0.4, -0.2) is 9.78 Å². The average Bonchev–Trinajstić information content (AvgIpc) is 2.74. The van der Waals surface area contributed by atoms with Crippen LogP contribution in [0.25, 0.3) is 5.69 Å². The summed E-state index contributed by atoms with van der Waals surface area (Å²) in [5.74, 6) is 0. The molecule has 1 aromatic carbocycles. The first-order chi connectivity index (χ1) is 8.88. The second-order valence-corrected chi connectivity index (χ2v) is 4.00. The van der Waals surface area contributed by atoms with Gasteiger partial charge in [0, 0.05) is 10.7 Å². The van der Waals surface area contributed by atoms with Crippen molar-refractivity contribution in [1.29, 1.82) is 0 Å². The van der Waals surface area contributed by atoms with E-state index < -0.39 is 11.9 Å². The monoisotopic (exact) mass is 290 g/mol. The standard InChI is InChI=1S/C11H8ClF3N2.C2H6/c1-7-5-10(11(13,14)15)16-17(7)9-4-2-3-8(12)6-9;1-2/h2-6H,1H3;1-2H3. The molecule has 0 fully saturated rings. The Bertz CT molecular complexity index is 547. The highest BCUT2D eigenvalue weighted by atomic mass is 35.5. The van der Waals surface area contributed by atoms with Crippen LogP contribution in [0.3, 0.4) is 0 Å². The quantitative estimate of drug-likeness (QED) is 0.732. The lowest BCUT2D eigenvalue weighted by atomic mass is 10.3. The summed E-state index contributed by atoms with van der Waals surface area (Å²) in [6.45, 7) is 5.56. The van der Waals surface area contributed by atoms with Gasteiger partial charge in [0.25, 0.3) is 0 Å². The number of hydrogen-bond donors (Lipinski definition) is 0. The molecule has 0 atom stereocenters. The number of nitrogens with zero attached hydrogens (tertiary/aromatic N) is 2. The van der Waals surface area contributed by atoms with Crippen molar-refractivity contribution in [1.82, 2.24) is 9.78 Å². The fraction of sp³-hybridized carbons (Fsp3) is 0.308. The topological polar surface area (TPSA) is 17.8 Å². The number of benzene rings is 1. The first-order valence-electron chi connectivity index (χ1n) is 5.78. The van der Waals surface area contributed by atoms with E-state index in [4.69, 9.17) is 11.6 Å². The van der Waals surface area contributed by atoms with E-state index in [-0.39, 0.29) is 0 Å². The maximum absolute atomic E-state index is 12.5. The van der Waals surface area contributed by atoms with Crippen LogP contribution in [-0.2, 0) is 6.18 Å². The summed E-state index contributed by atoms with van der Waals surface area (Å²) in [5, 5.41) is 3.98. The van der Waals surface area contributed by atoms with Gasteiger partial charge < -0.3 is 0 Å². The van der Waals surface area contributed by atoms with E-state index in [1.807, 2.05) is 13.8 Å². The molecular formula is C13H14ClF3N2. The maximum Gasteiger partial charge on any atom is 0.435 e. The van der Waals surface area contributed by atoms with E-state index in [9.17, 15) is 13.2 Å². The number of alkyl halides is 3. The summed E-state index contributed by atoms with van der Waals surface area (Å²) < 4.78 is 38.6. The summed E-state index contributed by atoms with van der Waals surface area (Å²) in [6.07, 6.45) is -4.44. The molecule has 6 heteroatoms. The third kappa shape index (κ3) is 3.73. The molecular weight excluding hydrogens is 277 g/mol. The molecule has 0 aliphatic carbocycles. The van der Waals surface area contributed by atoms with Crippen LogP contribution in [0, 0.1) is 6.92 Å². The molecule has 19 heavy (non-hydrogen) atoms. The lowest BCUT2D eigenvalue weighted by Gasteiger charge is -2.04. The largest absolute Gasteiger partial charge is 0.435 e. The minimum Gasteiger partial charge on any atom is -0.237 e. The normalized spacial score (nSPS) is 10.9. The van der Waals surface area contributed by atoms with Crippen molar-refractivity contribution in [3.05, 3.63) is 46.7 Å². The van der Waals surface area contributed by atoms with Crippen molar-refractivity contribution in [2.75, 3.05) is 0 Å². The van der Waals surface area contributed by atoms with E-state index in [1.165, 1.54) is 4.68 Å². The second kappa shape index (κ2) is 6.10. The third-order valence-corrected chi connectivity index (χ3v) is 2.47. The maximum atomic E-state index is 12.5. The van der Waals surface area contributed by atoms with Gasteiger partial charge in [0.1, 0.15) is 0 Å². The van der Waals surface area contributed by atoms with E-state index in [1.54, 1.807) is 31.2 Å². The predicted molar refractivity (Wildman–Crippen MR) is 69.7 cm³/mol. The highest BCUT2D eigenvalue weighted by Crippen LogP contribution is 2.29. The Morgan fingerprint density at radius 1 is 1.16 bits per heavy atom. The Hall–Kier alpha value is -1.49. The lowest BCUT2D eigenvalue weighted by Crippen LogP contribution is -2.07. The highest BCUT2D eigenvalue weighted by Gasteiger charge is 2.34. The first-order valence-corrected chi connectivity index (χ1v) is 6.15. The van der Waals surface area contributed by atoms with Gasteiger partial charge in [0.2, 0.25) is 0 Å². The number of aromatic nitrogens is 2. The zero-order valence-electron chi connectivity index (χ0n) is 10.8. The number of halogens is 4. The SMILES string of the molecule is CC.Cc1cc(C(F)(F)F)nn1-c1cccc(Cl)c1. The molecule has 0 amide bonds. The molecule has 0 spiro atoms. The van der Waals surface area contributed by atoms with E-state index >= 15 is 0 Å². The van der Waals surface area contributed by atoms with Crippen molar-refractivity contribution in [3.8, 4) is 5.69 Å². The van der Waals surface area contributed by atoms with Gasteiger partial charge in [-0.25, -0.2) is 4.68 Å². The van der Waals surface area contributed by atoms with Crippen molar-refractivity contribution in [2.24, 2.45) is 0 Å². The second-order valence-electron chi connectivity index (χ2n) is 3.56. The lowest BCUT2D eigenvalue weighted by molar-refractivity contribution is -0.141. The summed E-state index contributed by atoms with van der Waals surface area (Å²) in [6, 6.07) is 7.51. The zero-order valence-corrected chi connectivity index (χ0v) is 11.5. The number of hydrogen-bond acceptors (Lipinski definition) is 1. The summed E-state index contributed by atoms with van der Waals surface area (Å²) in [4.78, 5) is 0. The molecule has 0 saturated heterocycles. The van der Waals surface area contributed by atoms with E-state index in [0.717, 1.165) is 6.07 Å². The van der Waals surface area contributed by atoms with Crippen LogP contribution in [0.4, 0.5) is 13.2 Å². The van der Waals surface area contributed by atoms with Gasteiger partial charge in [0.05, 0.1) is 5.69 Å². The molecule has 2 aromatic rings. The Morgan fingerprint density at radius 2 is 1.79 bits per heavy atom.